The number of rotatable bonds is 5. The Hall–Kier alpha value is -2.96. The smallest absolute Gasteiger partial charge is 0.246 e. The Bertz CT molecular complexity index is 804. The van der Waals surface area contributed by atoms with Crippen LogP contribution in [0.2, 0.25) is 0 Å². The Morgan fingerprint density at radius 1 is 1.12 bits per heavy atom. The van der Waals surface area contributed by atoms with Gasteiger partial charge in [-0.2, -0.15) is 0 Å². The lowest BCUT2D eigenvalue weighted by atomic mass is 10.2. The van der Waals surface area contributed by atoms with Gasteiger partial charge in [-0.3, -0.25) is 9.59 Å². The highest BCUT2D eigenvalue weighted by atomic mass is 19.1. The Balaban J connectivity index is 1.63. The fourth-order valence-electron chi connectivity index (χ4n) is 2.82. The maximum Gasteiger partial charge on any atom is 0.246 e. The molecule has 1 aliphatic heterocycles. The minimum absolute atomic E-state index is 0.102. The molecule has 1 heterocycles. The molecule has 1 aliphatic rings. The van der Waals surface area contributed by atoms with Crippen LogP contribution in [0.3, 0.4) is 0 Å². The summed E-state index contributed by atoms with van der Waals surface area (Å²) in [5, 5.41) is 5.23. The molecule has 0 unspecified atom stereocenters. The van der Waals surface area contributed by atoms with Crippen LogP contribution in [0, 0.1) is 11.6 Å². The fraction of sp³-hybridized carbons (Fsp3) is 0.263. The molecule has 3 rings (SSSR count). The summed E-state index contributed by atoms with van der Waals surface area (Å²) in [5.41, 5.74) is 1.01. The summed E-state index contributed by atoms with van der Waals surface area (Å²) in [7, 11) is 0. The van der Waals surface area contributed by atoms with Crippen molar-refractivity contribution in [3.05, 3.63) is 54.1 Å². The van der Waals surface area contributed by atoms with E-state index >= 15 is 0 Å². The highest BCUT2D eigenvalue weighted by molar-refractivity contribution is 5.97. The van der Waals surface area contributed by atoms with E-state index in [1.54, 1.807) is 36.1 Å². The van der Waals surface area contributed by atoms with Crippen molar-refractivity contribution < 1.29 is 18.4 Å². The van der Waals surface area contributed by atoms with Gasteiger partial charge in [-0.25, -0.2) is 8.78 Å². The molecule has 1 atom stereocenters. The van der Waals surface area contributed by atoms with Crippen LogP contribution < -0.4 is 15.5 Å². The van der Waals surface area contributed by atoms with Gasteiger partial charge in [0.1, 0.15) is 23.4 Å². The van der Waals surface area contributed by atoms with Crippen molar-refractivity contribution in [2.45, 2.75) is 25.8 Å². The second-order valence-corrected chi connectivity index (χ2v) is 6.15. The van der Waals surface area contributed by atoms with Crippen molar-refractivity contribution in [3.63, 3.8) is 0 Å². The first-order chi connectivity index (χ1) is 12.5. The minimum Gasteiger partial charge on any atom is -0.374 e. The number of carbonyl (C=O) groups is 2. The lowest BCUT2D eigenvalue weighted by Crippen LogP contribution is -2.32. The lowest BCUT2D eigenvalue weighted by molar-refractivity contribution is -0.117. The van der Waals surface area contributed by atoms with Gasteiger partial charge in [-0.1, -0.05) is 6.07 Å². The number of amides is 2. The van der Waals surface area contributed by atoms with E-state index in [-0.39, 0.29) is 5.91 Å². The molecule has 1 saturated heterocycles. The summed E-state index contributed by atoms with van der Waals surface area (Å²) < 4.78 is 27.2. The van der Waals surface area contributed by atoms with E-state index in [1.165, 1.54) is 6.07 Å². The second kappa shape index (κ2) is 7.51. The van der Waals surface area contributed by atoms with Gasteiger partial charge in [-0.15, -0.1) is 0 Å². The molecule has 5 nitrogen and oxygen atoms in total. The molecular weight excluding hydrogens is 340 g/mol. The first-order valence-electron chi connectivity index (χ1n) is 8.37. The zero-order valence-corrected chi connectivity index (χ0v) is 14.3. The Labute approximate surface area is 150 Å². The molecule has 0 radical (unpaired) electrons. The number of hydrogen-bond donors (Lipinski definition) is 2. The van der Waals surface area contributed by atoms with Gasteiger partial charge in [0.2, 0.25) is 11.8 Å². The van der Waals surface area contributed by atoms with Gasteiger partial charge in [0.05, 0.1) is 0 Å². The standard InChI is InChI=1S/C19H19F2N3O2/c1-12(19(26)23-18-15(20)4-2-5-16(18)21)22-13-7-9-14(10-8-13)24-11-3-6-17(24)25/h2,4-5,7-10,12,22H,3,6,11H2,1H3,(H,23,26)/t12-/m1/s1. The number of carbonyl (C=O) groups excluding carboxylic acids is 2. The molecule has 0 aliphatic carbocycles. The molecule has 0 saturated carbocycles. The predicted octanol–water partition coefficient (Wildman–Crippen LogP) is 3.53. The van der Waals surface area contributed by atoms with Crippen molar-refractivity contribution in [2.24, 2.45) is 0 Å². The van der Waals surface area contributed by atoms with Gasteiger partial charge in [0, 0.05) is 24.3 Å². The number of halogens is 2. The molecule has 2 aromatic carbocycles. The lowest BCUT2D eigenvalue weighted by Gasteiger charge is -2.18. The quantitative estimate of drug-likeness (QED) is 0.859. The average Bonchev–Trinajstić information content (AvgIpc) is 3.05. The summed E-state index contributed by atoms with van der Waals surface area (Å²) in [6, 6.07) is 9.79. The van der Waals surface area contributed by atoms with E-state index < -0.39 is 29.3 Å². The topological polar surface area (TPSA) is 61.4 Å². The fourth-order valence-corrected chi connectivity index (χ4v) is 2.82. The van der Waals surface area contributed by atoms with Crippen LogP contribution in [0.1, 0.15) is 19.8 Å². The van der Waals surface area contributed by atoms with Gasteiger partial charge in [0.15, 0.2) is 0 Å². The van der Waals surface area contributed by atoms with Crippen molar-refractivity contribution in [3.8, 4) is 0 Å². The van der Waals surface area contributed by atoms with E-state index in [0.29, 0.717) is 18.7 Å². The van der Waals surface area contributed by atoms with Crippen LogP contribution in [0.15, 0.2) is 42.5 Å². The SMILES string of the molecule is C[C@@H](Nc1ccc(N2CCCC2=O)cc1)C(=O)Nc1c(F)cccc1F. The molecular formula is C19H19F2N3O2. The summed E-state index contributed by atoms with van der Waals surface area (Å²) in [4.78, 5) is 25.7. The summed E-state index contributed by atoms with van der Waals surface area (Å²) >= 11 is 0. The third-order valence-corrected chi connectivity index (χ3v) is 4.24. The number of nitrogens with zero attached hydrogens (tertiary/aromatic N) is 1. The zero-order valence-electron chi connectivity index (χ0n) is 14.3. The molecule has 2 amide bonds. The molecule has 7 heteroatoms. The van der Waals surface area contributed by atoms with Crippen LogP contribution in [-0.2, 0) is 9.59 Å². The number of para-hydroxylation sites is 1. The molecule has 0 bridgehead atoms. The number of hydrogen-bond acceptors (Lipinski definition) is 3. The number of anilines is 3. The highest BCUT2D eigenvalue weighted by Crippen LogP contribution is 2.23. The van der Waals surface area contributed by atoms with Crippen LogP contribution in [0.5, 0.6) is 0 Å². The first kappa shape index (κ1) is 17.8. The van der Waals surface area contributed by atoms with Crippen LogP contribution in [0.25, 0.3) is 0 Å². The average molecular weight is 359 g/mol. The van der Waals surface area contributed by atoms with Crippen LogP contribution in [-0.4, -0.2) is 24.4 Å². The van der Waals surface area contributed by atoms with Gasteiger partial charge < -0.3 is 15.5 Å². The second-order valence-electron chi connectivity index (χ2n) is 6.15. The van der Waals surface area contributed by atoms with Crippen LogP contribution in [0.4, 0.5) is 25.8 Å². The molecule has 1 fully saturated rings. The van der Waals surface area contributed by atoms with Gasteiger partial charge in [-0.05, 0) is 49.7 Å². The predicted molar refractivity (Wildman–Crippen MR) is 96.1 cm³/mol. The highest BCUT2D eigenvalue weighted by Gasteiger charge is 2.22. The van der Waals surface area contributed by atoms with E-state index in [4.69, 9.17) is 0 Å². The number of nitrogens with one attached hydrogen (secondary N) is 2. The van der Waals surface area contributed by atoms with E-state index in [1.807, 2.05) is 0 Å². The molecule has 0 aromatic heterocycles. The Morgan fingerprint density at radius 2 is 1.77 bits per heavy atom. The maximum atomic E-state index is 13.6. The van der Waals surface area contributed by atoms with Crippen molar-refractivity contribution in [1.82, 2.24) is 0 Å². The van der Waals surface area contributed by atoms with E-state index in [9.17, 15) is 18.4 Å². The Kier molecular flexibility index (Phi) is 5.16. The molecule has 2 N–H and O–H groups in total. The van der Waals surface area contributed by atoms with Crippen molar-refractivity contribution >= 4 is 28.9 Å². The monoisotopic (exact) mass is 359 g/mol. The molecule has 136 valence electrons. The van der Waals surface area contributed by atoms with E-state index in [0.717, 1.165) is 24.2 Å². The normalized spacial score (nSPS) is 15.0. The maximum absolute atomic E-state index is 13.6. The molecule has 26 heavy (non-hydrogen) atoms. The summed E-state index contributed by atoms with van der Waals surface area (Å²) in [6.07, 6.45) is 1.41. The minimum atomic E-state index is -0.829. The Morgan fingerprint density at radius 3 is 2.35 bits per heavy atom. The molecule has 0 spiro atoms. The third-order valence-electron chi connectivity index (χ3n) is 4.24. The van der Waals surface area contributed by atoms with Crippen LogP contribution >= 0.6 is 0 Å². The van der Waals surface area contributed by atoms with Gasteiger partial charge >= 0.3 is 0 Å². The molecule has 2 aromatic rings. The zero-order chi connectivity index (χ0) is 18.7. The van der Waals surface area contributed by atoms with Crippen molar-refractivity contribution in [2.75, 3.05) is 22.1 Å². The largest absolute Gasteiger partial charge is 0.374 e. The van der Waals surface area contributed by atoms with Crippen molar-refractivity contribution in [1.29, 1.82) is 0 Å². The first-order valence-corrected chi connectivity index (χ1v) is 8.37. The van der Waals surface area contributed by atoms with E-state index in [2.05, 4.69) is 10.6 Å². The summed E-state index contributed by atoms with van der Waals surface area (Å²) in [6.45, 7) is 2.30. The van der Waals surface area contributed by atoms with Gasteiger partial charge in [0.25, 0.3) is 0 Å². The third kappa shape index (κ3) is 3.82. The summed E-state index contributed by atoms with van der Waals surface area (Å²) in [5.74, 6) is -2.12. The number of benzene rings is 2.